The van der Waals surface area contributed by atoms with E-state index in [0.29, 0.717) is 5.92 Å². The molecule has 0 saturated heterocycles. The monoisotopic (exact) mass is 264 g/mol. The summed E-state index contributed by atoms with van der Waals surface area (Å²) in [6, 6.07) is 6.36. The Labute approximate surface area is 111 Å². The molecule has 0 aliphatic heterocycles. The van der Waals surface area contributed by atoms with Crippen LogP contribution >= 0.6 is 11.3 Å². The highest BCUT2D eigenvalue weighted by Crippen LogP contribution is 2.27. The predicted octanol–water partition coefficient (Wildman–Crippen LogP) is 4.00. The first-order valence-corrected chi connectivity index (χ1v) is 6.91. The summed E-state index contributed by atoms with van der Waals surface area (Å²) in [5.41, 5.74) is 7.90. The van der Waals surface area contributed by atoms with Gasteiger partial charge in [0.2, 0.25) is 0 Å². The zero-order valence-electron chi connectivity index (χ0n) is 10.6. The van der Waals surface area contributed by atoms with Crippen molar-refractivity contribution in [2.75, 3.05) is 0 Å². The topological polar surface area (TPSA) is 38.9 Å². The second-order valence-electron chi connectivity index (χ2n) is 4.81. The molecule has 4 heteroatoms. The Morgan fingerprint density at radius 2 is 1.94 bits per heavy atom. The number of hydrogen-bond donors (Lipinski definition) is 1. The Morgan fingerprint density at radius 1 is 1.28 bits per heavy atom. The van der Waals surface area contributed by atoms with Crippen LogP contribution in [0.3, 0.4) is 0 Å². The van der Waals surface area contributed by atoms with E-state index >= 15 is 0 Å². The number of nitrogens with zero attached hydrogens (tertiary/aromatic N) is 1. The van der Waals surface area contributed by atoms with Crippen molar-refractivity contribution in [1.29, 1.82) is 0 Å². The average molecular weight is 264 g/mol. The van der Waals surface area contributed by atoms with E-state index in [1.54, 1.807) is 23.5 Å². The van der Waals surface area contributed by atoms with Gasteiger partial charge in [-0.05, 0) is 36.6 Å². The van der Waals surface area contributed by atoms with Gasteiger partial charge in [-0.25, -0.2) is 9.37 Å². The van der Waals surface area contributed by atoms with Gasteiger partial charge in [-0.3, -0.25) is 0 Å². The van der Waals surface area contributed by atoms with Crippen LogP contribution in [0.2, 0.25) is 0 Å². The highest BCUT2D eigenvalue weighted by molar-refractivity contribution is 7.10. The number of hydrogen-bond acceptors (Lipinski definition) is 3. The van der Waals surface area contributed by atoms with Crippen LogP contribution < -0.4 is 5.73 Å². The molecule has 96 valence electrons. The summed E-state index contributed by atoms with van der Waals surface area (Å²) in [6.07, 6.45) is 0.927. The Hall–Kier alpha value is -1.26. The molecule has 2 rings (SSSR count). The van der Waals surface area contributed by atoms with Crippen molar-refractivity contribution in [3.8, 4) is 11.3 Å². The third kappa shape index (κ3) is 3.15. The minimum Gasteiger partial charge on any atom is -0.322 e. The molecule has 2 N–H and O–H groups in total. The molecule has 18 heavy (non-hydrogen) atoms. The molecule has 1 aromatic carbocycles. The largest absolute Gasteiger partial charge is 0.322 e. The molecule has 0 amide bonds. The molecule has 1 atom stereocenters. The maximum absolute atomic E-state index is 12.8. The van der Waals surface area contributed by atoms with Crippen LogP contribution in [-0.2, 0) is 0 Å². The summed E-state index contributed by atoms with van der Waals surface area (Å²) in [7, 11) is 0. The van der Waals surface area contributed by atoms with Crippen LogP contribution in [-0.4, -0.2) is 4.98 Å². The fraction of sp³-hybridized carbons (Fsp3) is 0.357. The Balaban J connectivity index is 2.17. The second-order valence-corrected chi connectivity index (χ2v) is 5.70. The Kier molecular flexibility index (Phi) is 4.09. The van der Waals surface area contributed by atoms with Crippen molar-refractivity contribution >= 4 is 11.3 Å². The first kappa shape index (κ1) is 13.2. The van der Waals surface area contributed by atoms with Gasteiger partial charge >= 0.3 is 0 Å². The number of nitrogens with two attached hydrogens (primary N) is 1. The van der Waals surface area contributed by atoms with Crippen LogP contribution in [0.15, 0.2) is 29.6 Å². The average Bonchev–Trinajstić information content (AvgIpc) is 2.78. The Bertz CT molecular complexity index is 505. The third-order valence-electron chi connectivity index (χ3n) is 2.70. The van der Waals surface area contributed by atoms with Crippen molar-refractivity contribution in [3.63, 3.8) is 0 Å². The molecule has 1 aromatic heterocycles. The zero-order valence-corrected chi connectivity index (χ0v) is 11.4. The molecular formula is C14H17FN2S. The van der Waals surface area contributed by atoms with Crippen LogP contribution in [0.25, 0.3) is 11.3 Å². The molecular weight excluding hydrogens is 247 g/mol. The lowest BCUT2D eigenvalue weighted by Gasteiger charge is -2.10. The summed E-state index contributed by atoms with van der Waals surface area (Å²) in [5.74, 6) is 0.323. The quantitative estimate of drug-likeness (QED) is 0.906. The molecule has 2 nitrogen and oxygen atoms in total. The van der Waals surface area contributed by atoms with Gasteiger partial charge in [-0.1, -0.05) is 13.8 Å². The second kappa shape index (κ2) is 5.59. The van der Waals surface area contributed by atoms with Crippen molar-refractivity contribution in [2.45, 2.75) is 26.3 Å². The standard InChI is InChI=1S/C14H17FN2S/c1-9(2)7-12(16)14-17-13(8-18-14)10-3-5-11(15)6-4-10/h3-6,8-9,12H,7,16H2,1-2H3. The molecule has 0 radical (unpaired) electrons. The zero-order chi connectivity index (χ0) is 13.1. The first-order chi connectivity index (χ1) is 8.56. The number of halogens is 1. The molecule has 1 unspecified atom stereocenters. The van der Waals surface area contributed by atoms with Gasteiger partial charge in [-0.2, -0.15) is 0 Å². The lowest BCUT2D eigenvalue weighted by molar-refractivity contribution is 0.508. The van der Waals surface area contributed by atoms with Crippen molar-refractivity contribution in [2.24, 2.45) is 11.7 Å². The van der Waals surface area contributed by atoms with Crippen molar-refractivity contribution in [3.05, 3.63) is 40.5 Å². The van der Waals surface area contributed by atoms with Gasteiger partial charge in [0.1, 0.15) is 10.8 Å². The summed E-state index contributed by atoms with van der Waals surface area (Å²) in [6.45, 7) is 4.29. The maximum atomic E-state index is 12.8. The molecule has 1 heterocycles. The van der Waals surface area contributed by atoms with Crippen LogP contribution in [0, 0.1) is 11.7 Å². The van der Waals surface area contributed by atoms with Gasteiger partial charge < -0.3 is 5.73 Å². The van der Waals surface area contributed by atoms with E-state index < -0.39 is 0 Å². The molecule has 0 spiro atoms. The van der Waals surface area contributed by atoms with Gasteiger partial charge in [0.15, 0.2) is 0 Å². The van der Waals surface area contributed by atoms with Crippen LogP contribution in [0.1, 0.15) is 31.3 Å². The highest BCUT2D eigenvalue weighted by Gasteiger charge is 2.13. The SMILES string of the molecule is CC(C)CC(N)c1nc(-c2ccc(F)cc2)cs1. The van der Waals surface area contributed by atoms with E-state index in [-0.39, 0.29) is 11.9 Å². The fourth-order valence-corrected chi connectivity index (χ4v) is 2.66. The first-order valence-electron chi connectivity index (χ1n) is 6.03. The summed E-state index contributed by atoms with van der Waals surface area (Å²) < 4.78 is 12.8. The summed E-state index contributed by atoms with van der Waals surface area (Å²) in [5, 5.41) is 2.92. The molecule has 0 aliphatic rings. The lowest BCUT2D eigenvalue weighted by atomic mass is 10.1. The number of benzene rings is 1. The van der Waals surface area contributed by atoms with Crippen LogP contribution in [0.4, 0.5) is 4.39 Å². The van der Waals surface area contributed by atoms with Gasteiger partial charge in [0.05, 0.1) is 11.7 Å². The number of thiazole rings is 1. The number of rotatable bonds is 4. The predicted molar refractivity (Wildman–Crippen MR) is 73.9 cm³/mol. The molecule has 0 aliphatic carbocycles. The van der Waals surface area contributed by atoms with Crippen LogP contribution in [0.5, 0.6) is 0 Å². The van der Waals surface area contributed by atoms with E-state index in [9.17, 15) is 4.39 Å². The normalized spacial score (nSPS) is 12.9. The van der Waals surface area contributed by atoms with Gasteiger partial charge in [0.25, 0.3) is 0 Å². The number of aromatic nitrogens is 1. The van der Waals surface area contributed by atoms with E-state index in [1.807, 2.05) is 5.38 Å². The van der Waals surface area contributed by atoms with E-state index in [2.05, 4.69) is 18.8 Å². The van der Waals surface area contributed by atoms with Crippen molar-refractivity contribution < 1.29 is 4.39 Å². The summed E-state index contributed by atoms with van der Waals surface area (Å²) in [4.78, 5) is 4.53. The third-order valence-corrected chi connectivity index (χ3v) is 3.68. The van der Waals surface area contributed by atoms with Crippen molar-refractivity contribution in [1.82, 2.24) is 4.98 Å². The van der Waals surface area contributed by atoms with E-state index in [0.717, 1.165) is 22.7 Å². The molecule has 0 saturated carbocycles. The van der Waals surface area contributed by atoms with Gasteiger partial charge in [0, 0.05) is 10.9 Å². The lowest BCUT2D eigenvalue weighted by Crippen LogP contribution is -2.12. The molecule has 0 fully saturated rings. The molecule has 2 aromatic rings. The maximum Gasteiger partial charge on any atom is 0.123 e. The smallest absolute Gasteiger partial charge is 0.123 e. The highest BCUT2D eigenvalue weighted by atomic mass is 32.1. The minimum atomic E-state index is -0.231. The minimum absolute atomic E-state index is 0.0100. The van der Waals surface area contributed by atoms with E-state index in [1.165, 1.54) is 12.1 Å². The fourth-order valence-electron chi connectivity index (χ4n) is 1.82. The Morgan fingerprint density at radius 3 is 2.56 bits per heavy atom. The molecule has 0 bridgehead atoms. The van der Waals surface area contributed by atoms with E-state index in [4.69, 9.17) is 5.73 Å². The summed E-state index contributed by atoms with van der Waals surface area (Å²) >= 11 is 1.57. The van der Waals surface area contributed by atoms with Gasteiger partial charge in [-0.15, -0.1) is 11.3 Å².